The van der Waals surface area contributed by atoms with Crippen LogP contribution in [0.5, 0.6) is 11.5 Å². The van der Waals surface area contributed by atoms with Gasteiger partial charge in [0, 0.05) is 44.0 Å². The lowest BCUT2D eigenvalue weighted by Gasteiger charge is -2.18. The molecule has 0 aliphatic carbocycles. The minimum absolute atomic E-state index is 0.205. The Morgan fingerprint density at radius 1 is 0.648 bits per heavy atom. The monoisotopic (exact) mass is 836 g/mol. The summed E-state index contributed by atoms with van der Waals surface area (Å²) in [5.74, 6) is 3.13. The highest BCUT2D eigenvalue weighted by molar-refractivity contribution is 14.1. The van der Waals surface area contributed by atoms with E-state index in [0.29, 0.717) is 37.1 Å². The van der Waals surface area contributed by atoms with Gasteiger partial charge in [-0.25, -0.2) is 9.97 Å². The molecule has 0 spiro atoms. The van der Waals surface area contributed by atoms with E-state index in [-0.39, 0.29) is 11.9 Å². The molecule has 6 N–H and O–H groups in total. The molecule has 2 heterocycles. The molecule has 0 bridgehead atoms. The zero-order chi connectivity index (χ0) is 38.0. The van der Waals surface area contributed by atoms with Crippen molar-refractivity contribution in [2.75, 3.05) is 36.2 Å². The third kappa shape index (κ3) is 11.0. The van der Waals surface area contributed by atoms with Gasteiger partial charge in [0.25, 0.3) is 0 Å². The van der Waals surface area contributed by atoms with E-state index < -0.39 is 0 Å². The quantitative estimate of drug-likeness (QED) is 0.0697. The standard InChI is InChI=1S/C41H45IN10O2/c1-27-9-8-12-32(17-27)45-38-20-33(46-40(43)49-38)24-52(4)23-30-13-15-35(16-14-30)53-26-31-19-37(54-42)36(18-28(31)2)48-39-21-34(47-41(44)50-39)25-51(3)22-29-10-6-5-7-11-29/h5-21H,22-26H2,1-4H3,(H3,43,45,46,49)(H3,44,47,48,50). The van der Waals surface area contributed by atoms with Gasteiger partial charge in [0.15, 0.2) is 28.8 Å². The maximum Gasteiger partial charge on any atom is 0.222 e. The molecule has 54 heavy (non-hydrogen) atoms. The van der Waals surface area contributed by atoms with Crippen molar-refractivity contribution in [3.05, 3.63) is 142 Å². The number of aromatic nitrogens is 4. The molecular formula is C41H45IN10O2. The smallest absolute Gasteiger partial charge is 0.222 e. The van der Waals surface area contributed by atoms with E-state index in [0.717, 1.165) is 63.9 Å². The largest absolute Gasteiger partial charge is 0.489 e. The molecule has 4 aromatic carbocycles. The van der Waals surface area contributed by atoms with Crippen LogP contribution in [0.3, 0.4) is 0 Å². The van der Waals surface area contributed by atoms with Gasteiger partial charge in [-0.2, -0.15) is 9.97 Å². The van der Waals surface area contributed by atoms with Gasteiger partial charge >= 0.3 is 0 Å². The van der Waals surface area contributed by atoms with Gasteiger partial charge in [0.2, 0.25) is 11.9 Å². The number of hydrogen-bond acceptors (Lipinski definition) is 12. The number of rotatable bonds is 16. The first kappa shape index (κ1) is 38.2. The van der Waals surface area contributed by atoms with Gasteiger partial charge < -0.3 is 29.9 Å². The van der Waals surface area contributed by atoms with Crippen LogP contribution in [0.1, 0.15) is 39.2 Å². The summed E-state index contributed by atoms with van der Waals surface area (Å²) in [6.45, 7) is 7.22. The van der Waals surface area contributed by atoms with Gasteiger partial charge in [0.1, 0.15) is 24.0 Å². The lowest BCUT2D eigenvalue weighted by molar-refractivity contribution is 0.303. The summed E-state index contributed by atoms with van der Waals surface area (Å²) in [5, 5.41) is 6.71. The average Bonchev–Trinajstić information content (AvgIpc) is 3.12. The molecule has 0 amide bonds. The van der Waals surface area contributed by atoms with Gasteiger partial charge in [-0.3, -0.25) is 9.80 Å². The first-order valence-corrected chi connectivity index (χ1v) is 18.4. The van der Waals surface area contributed by atoms with E-state index in [1.54, 1.807) is 0 Å². The highest BCUT2D eigenvalue weighted by Crippen LogP contribution is 2.33. The van der Waals surface area contributed by atoms with Crippen LogP contribution < -0.4 is 29.9 Å². The number of hydrogen-bond donors (Lipinski definition) is 4. The summed E-state index contributed by atoms with van der Waals surface area (Å²) in [4.78, 5) is 22.1. The molecule has 0 radical (unpaired) electrons. The lowest BCUT2D eigenvalue weighted by atomic mass is 10.1. The summed E-state index contributed by atoms with van der Waals surface area (Å²) < 4.78 is 11.9. The van der Waals surface area contributed by atoms with Crippen molar-refractivity contribution >= 4 is 57.9 Å². The molecule has 0 saturated carbocycles. The summed E-state index contributed by atoms with van der Waals surface area (Å²) in [5.41, 5.74) is 21.1. The van der Waals surface area contributed by atoms with Crippen molar-refractivity contribution in [3.8, 4) is 11.5 Å². The molecule has 6 aromatic rings. The number of ether oxygens (including phenoxy) is 1. The summed E-state index contributed by atoms with van der Waals surface area (Å²) >= 11 is 1.89. The first-order chi connectivity index (χ1) is 26.1. The number of aryl methyl sites for hydroxylation is 2. The maximum absolute atomic E-state index is 6.21. The Morgan fingerprint density at radius 2 is 1.26 bits per heavy atom. The van der Waals surface area contributed by atoms with Crippen LogP contribution in [-0.4, -0.2) is 43.8 Å². The summed E-state index contributed by atoms with van der Waals surface area (Å²) in [6.07, 6.45) is 0. The van der Waals surface area contributed by atoms with Crippen LogP contribution in [0.2, 0.25) is 0 Å². The Labute approximate surface area is 330 Å². The Morgan fingerprint density at radius 3 is 1.87 bits per heavy atom. The van der Waals surface area contributed by atoms with Crippen molar-refractivity contribution in [2.24, 2.45) is 0 Å². The van der Waals surface area contributed by atoms with Gasteiger partial charge in [-0.05, 0) is 92.2 Å². The number of nitrogens with zero attached hydrogens (tertiary/aromatic N) is 6. The Hall–Kier alpha value is -5.51. The SMILES string of the molecule is Cc1cccc(Nc2cc(CN(C)Cc3ccc(OCc4cc(OI)c(Nc5cc(CN(C)Cc6ccccc6)nc(N)n5)cc4C)cc3)nc(N)n2)c1. The van der Waals surface area contributed by atoms with Crippen molar-refractivity contribution < 1.29 is 7.80 Å². The molecule has 0 fully saturated rings. The second-order valence-corrected chi connectivity index (χ2v) is 13.9. The first-order valence-electron chi connectivity index (χ1n) is 17.5. The molecule has 12 nitrogen and oxygen atoms in total. The highest BCUT2D eigenvalue weighted by Gasteiger charge is 2.14. The molecule has 278 valence electrons. The lowest BCUT2D eigenvalue weighted by Crippen LogP contribution is -2.18. The van der Waals surface area contributed by atoms with Crippen LogP contribution in [0.4, 0.5) is 34.9 Å². The molecule has 0 saturated heterocycles. The van der Waals surface area contributed by atoms with Crippen LogP contribution in [0, 0.1) is 13.8 Å². The van der Waals surface area contributed by atoms with Crippen molar-refractivity contribution in [2.45, 2.75) is 46.6 Å². The van der Waals surface area contributed by atoms with Gasteiger partial charge in [0.05, 0.1) is 17.1 Å². The van der Waals surface area contributed by atoms with Crippen LogP contribution in [0.15, 0.2) is 103 Å². The molecule has 0 aliphatic rings. The van der Waals surface area contributed by atoms with Gasteiger partial charge in [-0.1, -0.05) is 54.6 Å². The zero-order valence-corrected chi connectivity index (χ0v) is 33.0. The van der Waals surface area contributed by atoms with Crippen molar-refractivity contribution in [1.82, 2.24) is 29.7 Å². The number of nitrogen functional groups attached to an aromatic ring is 2. The van der Waals surface area contributed by atoms with E-state index >= 15 is 0 Å². The molecule has 6 rings (SSSR count). The molecule has 13 heteroatoms. The Bertz CT molecular complexity index is 2170. The van der Waals surface area contributed by atoms with Crippen LogP contribution >= 0.6 is 23.0 Å². The fourth-order valence-electron chi connectivity index (χ4n) is 6.11. The number of halogens is 1. The van der Waals surface area contributed by atoms with Crippen LogP contribution in [0.25, 0.3) is 0 Å². The summed E-state index contributed by atoms with van der Waals surface area (Å²) in [7, 11) is 4.10. The molecule has 0 unspecified atom stereocenters. The topological polar surface area (TPSA) is 153 Å². The fraction of sp³-hybridized carbons (Fsp3) is 0.220. The Kier molecular flexibility index (Phi) is 12.7. The number of benzene rings is 4. The maximum atomic E-state index is 6.21. The van der Waals surface area contributed by atoms with E-state index in [4.69, 9.17) is 19.3 Å². The molecule has 0 atom stereocenters. The third-order valence-corrected chi connectivity index (χ3v) is 9.07. The second kappa shape index (κ2) is 18.0. The summed E-state index contributed by atoms with van der Waals surface area (Å²) in [6, 6.07) is 34.4. The second-order valence-electron chi connectivity index (χ2n) is 13.4. The molecule has 0 aliphatic heterocycles. The minimum atomic E-state index is 0.205. The van der Waals surface area contributed by atoms with Crippen molar-refractivity contribution in [1.29, 1.82) is 0 Å². The van der Waals surface area contributed by atoms with E-state index in [2.05, 4.69) is 97.8 Å². The van der Waals surface area contributed by atoms with Gasteiger partial charge in [-0.15, -0.1) is 0 Å². The predicted octanol–water partition coefficient (Wildman–Crippen LogP) is 8.11. The number of nitrogens with one attached hydrogen (secondary N) is 2. The highest BCUT2D eigenvalue weighted by atomic mass is 127. The van der Waals surface area contributed by atoms with E-state index in [9.17, 15) is 0 Å². The molecule has 2 aromatic heterocycles. The Balaban J connectivity index is 1.03. The zero-order valence-electron chi connectivity index (χ0n) is 30.9. The number of nitrogens with two attached hydrogens (primary N) is 2. The minimum Gasteiger partial charge on any atom is -0.489 e. The molecular weight excluding hydrogens is 791 g/mol. The fourth-order valence-corrected chi connectivity index (χ4v) is 6.47. The van der Waals surface area contributed by atoms with Crippen molar-refractivity contribution in [3.63, 3.8) is 0 Å². The van der Waals surface area contributed by atoms with E-state index in [1.165, 1.54) is 5.56 Å². The van der Waals surface area contributed by atoms with Crippen LogP contribution in [-0.2, 0) is 32.8 Å². The van der Waals surface area contributed by atoms with E-state index in [1.807, 2.05) is 96.7 Å². The third-order valence-electron chi connectivity index (χ3n) is 8.60. The predicted molar refractivity (Wildman–Crippen MR) is 224 cm³/mol. The average molecular weight is 837 g/mol. The number of anilines is 6. The normalized spacial score (nSPS) is 11.2.